The van der Waals surface area contributed by atoms with Gasteiger partial charge in [0, 0.05) is 12.8 Å². The third-order valence-electron chi connectivity index (χ3n) is 13.7. The largest absolute Gasteiger partial charge is 0.466 e. The van der Waals surface area contributed by atoms with Crippen LogP contribution in [0.25, 0.3) is 0 Å². The average Bonchev–Trinajstić information content (AvgIpc) is 3.28. The van der Waals surface area contributed by atoms with Crippen molar-refractivity contribution in [1.82, 2.24) is 5.32 Å². The molecule has 2 atom stereocenters. The quantitative estimate of drug-likeness (QED) is 0.0418. The Labute approximate surface area is 394 Å². The molecule has 0 aliphatic rings. The smallest absolute Gasteiger partial charge is 0.305 e. The third-order valence-corrected chi connectivity index (χ3v) is 13.7. The number of unbranched alkanes of at least 4 members (excludes halogenated alkanes) is 43. The molecule has 0 radical (unpaired) electrons. The zero-order valence-electron chi connectivity index (χ0n) is 42.8. The van der Waals surface area contributed by atoms with Gasteiger partial charge in [0.15, 0.2) is 0 Å². The summed E-state index contributed by atoms with van der Waals surface area (Å²) in [6.45, 7) is 4.96. The average molecular weight is 893 g/mol. The first-order valence-corrected chi connectivity index (χ1v) is 28.8. The molecule has 1 amide bonds. The standard InChI is InChI=1S/C57H113NO5/c1-3-5-7-9-11-13-15-17-19-21-23-27-31-35-39-43-47-51-57(62)63-52-48-44-40-36-32-28-24-26-30-34-38-42-46-50-56(61)58-54(53-59)55(60)49-45-41-37-33-29-25-22-20-18-16-14-12-10-8-6-4-2/h54-55,59-60H,3-53H2,1-2H3,(H,58,61). The van der Waals surface area contributed by atoms with E-state index in [0.29, 0.717) is 25.9 Å². The van der Waals surface area contributed by atoms with Crippen LogP contribution in [-0.2, 0) is 14.3 Å². The number of rotatable bonds is 54. The van der Waals surface area contributed by atoms with Crippen LogP contribution in [0.4, 0.5) is 0 Å². The van der Waals surface area contributed by atoms with Crippen LogP contribution < -0.4 is 5.32 Å². The Morgan fingerprint density at radius 1 is 0.381 bits per heavy atom. The molecule has 0 aliphatic heterocycles. The van der Waals surface area contributed by atoms with Gasteiger partial charge in [0.1, 0.15) is 0 Å². The first-order chi connectivity index (χ1) is 31.0. The Morgan fingerprint density at radius 3 is 0.968 bits per heavy atom. The van der Waals surface area contributed by atoms with Crippen LogP contribution >= 0.6 is 0 Å². The minimum absolute atomic E-state index is 0.000407. The van der Waals surface area contributed by atoms with E-state index in [2.05, 4.69) is 19.2 Å². The summed E-state index contributed by atoms with van der Waals surface area (Å²) in [7, 11) is 0. The van der Waals surface area contributed by atoms with E-state index in [9.17, 15) is 19.8 Å². The second-order valence-electron chi connectivity index (χ2n) is 20.0. The summed E-state index contributed by atoms with van der Waals surface area (Å²) in [5, 5.41) is 23.3. The molecule has 0 spiro atoms. The monoisotopic (exact) mass is 892 g/mol. The Morgan fingerprint density at radius 2 is 0.651 bits per heavy atom. The topological polar surface area (TPSA) is 95.9 Å². The van der Waals surface area contributed by atoms with Gasteiger partial charge in [-0.25, -0.2) is 0 Å². The molecule has 0 bridgehead atoms. The fourth-order valence-electron chi connectivity index (χ4n) is 9.23. The molecule has 0 rings (SSSR count). The normalized spacial score (nSPS) is 12.5. The number of hydrogen-bond acceptors (Lipinski definition) is 5. The highest BCUT2D eigenvalue weighted by Gasteiger charge is 2.20. The molecule has 0 saturated heterocycles. The molecule has 0 aromatic carbocycles. The van der Waals surface area contributed by atoms with Crippen LogP contribution in [0.15, 0.2) is 0 Å². The van der Waals surface area contributed by atoms with Crippen molar-refractivity contribution in [2.75, 3.05) is 13.2 Å². The summed E-state index contributed by atoms with van der Waals surface area (Å²) >= 11 is 0. The van der Waals surface area contributed by atoms with E-state index < -0.39 is 12.1 Å². The molecule has 6 heteroatoms. The highest BCUT2D eigenvalue weighted by molar-refractivity contribution is 5.76. The van der Waals surface area contributed by atoms with Gasteiger partial charge in [0.05, 0.1) is 25.4 Å². The van der Waals surface area contributed by atoms with Crippen molar-refractivity contribution < 1.29 is 24.5 Å². The zero-order chi connectivity index (χ0) is 45.8. The van der Waals surface area contributed by atoms with Gasteiger partial charge in [-0.05, 0) is 25.7 Å². The first-order valence-electron chi connectivity index (χ1n) is 28.8. The summed E-state index contributed by atoms with van der Waals surface area (Å²) in [4.78, 5) is 24.5. The number of hydrogen-bond donors (Lipinski definition) is 3. The summed E-state index contributed by atoms with van der Waals surface area (Å²) in [5.74, 6) is -0.0449. The summed E-state index contributed by atoms with van der Waals surface area (Å²) in [6, 6.07) is -0.549. The molecule has 3 N–H and O–H groups in total. The molecular weight excluding hydrogens is 779 g/mol. The SMILES string of the molecule is CCCCCCCCCCCCCCCCCCCC(=O)OCCCCCCCCCCCCCCCC(=O)NC(CO)C(O)CCCCCCCCCCCCCCCCCC. The van der Waals surface area contributed by atoms with Crippen molar-refractivity contribution >= 4 is 11.9 Å². The van der Waals surface area contributed by atoms with Crippen LogP contribution in [0.3, 0.4) is 0 Å². The lowest BCUT2D eigenvalue weighted by Gasteiger charge is -2.22. The predicted octanol–water partition coefficient (Wildman–Crippen LogP) is 17.5. The van der Waals surface area contributed by atoms with Gasteiger partial charge < -0.3 is 20.3 Å². The van der Waals surface area contributed by atoms with Gasteiger partial charge >= 0.3 is 5.97 Å². The van der Waals surface area contributed by atoms with Gasteiger partial charge in [-0.2, -0.15) is 0 Å². The summed E-state index contributed by atoms with van der Waals surface area (Å²) in [5.41, 5.74) is 0. The maximum Gasteiger partial charge on any atom is 0.305 e. The van der Waals surface area contributed by atoms with Crippen molar-refractivity contribution in [3.63, 3.8) is 0 Å². The Kier molecular flexibility index (Phi) is 52.5. The van der Waals surface area contributed by atoms with E-state index in [1.807, 2.05) is 0 Å². The van der Waals surface area contributed by atoms with Crippen LogP contribution in [-0.4, -0.2) is 47.4 Å². The molecule has 63 heavy (non-hydrogen) atoms. The van der Waals surface area contributed by atoms with Gasteiger partial charge in [-0.1, -0.05) is 290 Å². The number of ether oxygens (including phenoxy) is 1. The number of aliphatic hydroxyl groups is 2. The molecule has 2 unspecified atom stereocenters. The van der Waals surface area contributed by atoms with E-state index in [-0.39, 0.29) is 18.5 Å². The Bertz CT molecular complexity index is 898. The van der Waals surface area contributed by atoms with Crippen molar-refractivity contribution in [3.05, 3.63) is 0 Å². The molecule has 0 aliphatic carbocycles. The fourth-order valence-corrected chi connectivity index (χ4v) is 9.23. The van der Waals surface area contributed by atoms with Gasteiger partial charge in [-0.3, -0.25) is 9.59 Å². The number of esters is 1. The van der Waals surface area contributed by atoms with E-state index in [0.717, 1.165) is 51.4 Å². The molecule has 0 saturated carbocycles. The van der Waals surface area contributed by atoms with Crippen LogP contribution in [0, 0.1) is 0 Å². The minimum Gasteiger partial charge on any atom is -0.466 e. The highest BCUT2D eigenvalue weighted by atomic mass is 16.5. The third kappa shape index (κ3) is 50.1. The number of carbonyl (C=O) groups is 2. The molecular formula is C57H113NO5. The second kappa shape index (κ2) is 53.5. The Balaban J connectivity index is 3.41. The number of aliphatic hydroxyl groups excluding tert-OH is 2. The van der Waals surface area contributed by atoms with Crippen molar-refractivity contribution in [3.8, 4) is 0 Å². The summed E-state index contributed by atoms with van der Waals surface area (Å²) < 4.78 is 5.48. The number of nitrogens with one attached hydrogen (secondary N) is 1. The van der Waals surface area contributed by atoms with Crippen LogP contribution in [0.1, 0.15) is 328 Å². The van der Waals surface area contributed by atoms with Gasteiger partial charge in [0.25, 0.3) is 0 Å². The zero-order valence-corrected chi connectivity index (χ0v) is 42.8. The Hall–Kier alpha value is -1.14. The van der Waals surface area contributed by atoms with E-state index >= 15 is 0 Å². The van der Waals surface area contributed by atoms with Crippen molar-refractivity contribution in [2.45, 2.75) is 341 Å². The van der Waals surface area contributed by atoms with Gasteiger partial charge in [-0.15, -0.1) is 0 Å². The molecule has 0 aromatic heterocycles. The predicted molar refractivity (Wildman–Crippen MR) is 274 cm³/mol. The lowest BCUT2D eigenvalue weighted by atomic mass is 10.0. The van der Waals surface area contributed by atoms with E-state index in [1.165, 1.54) is 244 Å². The van der Waals surface area contributed by atoms with Gasteiger partial charge in [0.2, 0.25) is 5.91 Å². The number of carbonyl (C=O) groups excluding carboxylic acids is 2. The lowest BCUT2D eigenvalue weighted by molar-refractivity contribution is -0.143. The maximum atomic E-state index is 12.5. The highest BCUT2D eigenvalue weighted by Crippen LogP contribution is 2.18. The molecule has 0 fully saturated rings. The van der Waals surface area contributed by atoms with Crippen molar-refractivity contribution in [2.24, 2.45) is 0 Å². The molecule has 0 aromatic rings. The fraction of sp³-hybridized carbons (Fsp3) is 0.965. The summed E-state index contributed by atoms with van der Waals surface area (Å²) in [6.07, 6.45) is 60.8. The van der Waals surface area contributed by atoms with Crippen molar-refractivity contribution in [1.29, 1.82) is 0 Å². The molecule has 0 heterocycles. The second-order valence-corrected chi connectivity index (χ2v) is 20.0. The lowest BCUT2D eigenvalue weighted by Crippen LogP contribution is -2.45. The molecule has 376 valence electrons. The number of amides is 1. The van der Waals surface area contributed by atoms with E-state index in [4.69, 9.17) is 4.74 Å². The first kappa shape index (κ1) is 61.9. The maximum absolute atomic E-state index is 12.5. The van der Waals surface area contributed by atoms with E-state index in [1.54, 1.807) is 0 Å². The van der Waals surface area contributed by atoms with Crippen LogP contribution in [0.5, 0.6) is 0 Å². The minimum atomic E-state index is -0.671. The molecule has 6 nitrogen and oxygen atoms in total. The van der Waals surface area contributed by atoms with Crippen LogP contribution in [0.2, 0.25) is 0 Å².